The molecule has 0 aliphatic carbocycles. The molecule has 0 fully saturated rings. The van der Waals surface area contributed by atoms with Crippen molar-refractivity contribution in [1.82, 2.24) is 9.97 Å². The summed E-state index contributed by atoms with van der Waals surface area (Å²) < 4.78 is 4.77. The highest BCUT2D eigenvalue weighted by atomic mass is 32.1. The van der Waals surface area contributed by atoms with Crippen molar-refractivity contribution in [2.75, 3.05) is 25.1 Å². The lowest BCUT2D eigenvalue weighted by Gasteiger charge is -2.22. The number of thiophene rings is 1. The second-order valence-corrected chi connectivity index (χ2v) is 5.60. The van der Waals surface area contributed by atoms with Crippen molar-refractivity contribution in [1.29, 1.82) is 0 Å². The lowest BCUT2D eigenvalue weighted by atomic mass is 10.3. The van der Waals surface area contributed by atoms with Gasteiger partial charge in [0.25, 0.3) is 0 Å². The number of carbonyl (C=O) groups excluding carboxylic acids is 1. The molecule has 2 aromatic heterocycles. The zero-order valence-corrected chi connectivity index (χ0v) is 12.9. The van der Waals surface area contributed by atoms with E-state index < -0.39 is 0 Å². The molecule has 0 bridgehead atoms. The molecule has 0 aliphatic heterocycles. The van der Waals surface area contributed by atoms with E-state index in [-0.39, 0.29) is 12.5 Å². The molecule has 6 heteroatoms. The van der Waals surface area contributed by atoms with Crippen LogP contribution >= 0.6 is 11.3 Å². The molecule has 0 amide bonds. The van der Waals surface area contributed by atoms with Gasteiger partial charge < -0.3 is 9.64 Å². The van der Waals surface area contributed by atoms with E-state index in [1.54, 1.807) is 17.7 Å². The molecule has 2 aromatic rings. The van der Waals surface area contributed by atoms with Crippen LogP contribution in [0.5, 0.6) is 0 Å². The molecule has 2 rings (SSSR count). The lowest BCUT2D eigenvalue weighted by molar-refractivity contribution is -0.138. The number of fused-ring (bicyclic) bond motifs is 1. The first kappa shape index (κ1) is 14.7. The third-order valence-electron chi connectivity index (χ3n) is 3.05. The summed E-state index contributed by atoms with van der Waals surface area (Å²) in [6.07, 6.45) is 3.48. The second-order valence-electron chi connectivity index (χ2n) is 4.48. The van der Waals surface area contributed by atoms with Gasteiger partial charge in [-0.2, -0.15) is 0 Å². The molecule has 20 heavy (non-hydrogen) atoms. The topological polar surface area (TPSA) is 55.3 Å². The molecule has 0 unspecified atom stereocenters. The average molecular weight is 293 g/mol. The number of aromatic nitrogens is 2. The van der Waals surface area contributed by atoms with Crippen LogP contribution in [-0.4, -0.2) is 36.1 Å². The molecule has 0 aliphatic rings. The van der Waals surface area contributed by atoms with Crippen LogP contribution < -0.4 is 4.90 Å². The van der Waals surface area contributed by atoms with E-state index in [4.69, 9.17) is 4.74 Å². The highest BCUT2D eigenvalue weighted by Crippen LogP contribution is 2.30. The Kier molecular flexibility index (Phi) is 4.89. The number of methoxy groups -OCH3 is 1. The average Bonchev–Trinajstić information content (AvgIpc) is 2.89. The van der Waals surface area contributed by atoms with Crippen molar-refractivity contribution < 1.29 is 9.53 Å². The number of aryl methyl sites for hydroxylation is 1. The number of nitrogens with zero attached hydrogens (tertiary/aromatic N) is 3. The zero-order valence-electron chi connectivity index (χ0n) is 12.0. The predicted octanol–water partition coefficient (Wildman–Crippen LogP) is 2.64. The minimum Gasteiger partial charge on any atom is -0.468 e. The molecule has 0 spiro atoms. The molecule has 0 atom stereocenters. The van der Waals surface area contributed by atoms with Gasteiger partial charge in [-0.1, -0.05) is 13.8 Å². The van der Waals surface area contributed by atoms with E-state index in [0.29, 0.717) is 0 Å². The van der Waals surface area contributed by atoms with E-state index >= 15 is 0 Å². The van der Waals surface area contributed by atoms with Gasteiger partial charge in [-0.3, -0.25) is 4.79 Å². The number of esters is 1. The highest BCUT2D eigenvalue weighted by molar-refractivity contribution is 7.18. The summed E-state index contributed by atoms with van der Waals surface area (Å²) in [4.78, 5) is 24.5. The van der Waals surface area contributed by atoms with Crippen molar-refractivity contribution in [2.45, 2.75) is 26.7 Å². The number of anilines is 1. The number of ether oxygens (including phenoxy) is 1. The smallest absolute Gasteiger partial charge is 0.325 e. The lowest BCUT2D eigenvalue weighted by Crippen LogP contribution is -2.32. The summed E-state index contributed by atoms with van der Waals surface area (Å²) in [7, 11) is 1.40. The SMILES string of the molecule is CCCN(CC(=O)OC)c1ncnc2sc(CC)cc12. The Balaban J connectivity index is 2.41. The number of hydrogen-bond donors (Lipinski definition) is 0. The number of hydrogen-bond acceptors (Lipinski definition) is 6. The standard InChI is InChI=1S/C14H19N3O2S/c1-4-6-17(8-12(18)19-3)13-11-7-10(5-2)20-14(11)16-9-15-13/h7,9H,4-6,8H2,1-3H3. The fourth-order valence-electron chi connectivity index (χ4n) is 2.07. The van der Waals surface area contributed by atoms with Gasteiger partial charge in [-0.05, 0) is 18.9 Å². The zero-order chi connectivity index (χ0) is 14.5. The van der Waals surface area contributed by atoms with E-state index in [0.717, 1.165) is 35.4 Å². The Labute approximate surface area is 122 Å². The van der Waals surface area contributed by atoms with Crippen LogP contribution in [0.25, 0.3) is 10.2 Å². The summed E-state index contributed by atoms with van der Waals surface area (Å²) in [6, 6.07) is 2.12. The third kappa shape index (κ3) is 3.07. The Bertz CT molecular complexity index is 597. The van der Waals surface area contributed by atoms with Crippen LogP contribution in [0, 0.1) is 0 Å². The summed E-state index contributed by atoms with van der Waals surface area (Å²) in [5.41, 5.74) is 0. The number of carbonyl (C=O) groups is 1. The van der Waals surface area contributed by atoms with Crippen molar-refractivity contribution in [2.24, 2.45) is 0 Å². The second kappa shape index (κ2) is 6.65. The van der Waals surface area contributed by atoms with Crippen LogP contribution in [0.3, 0.4) is 0 Å². The van der Waals surface area contributed by atoms with Crippen molar-refractivity contribution in [3.8, 4) is 0 Å². The van der Waals surface area contributed by atoms with Gasteiger partial charge in [0.05, 0.1) is 12.5 Å². The quantitative estimate of drug-likeness (QED) is 0.766. The van der Waals surface area contributed by atoms with Gasteiger partial charge >= 0.3 is 5.97 Å². The third-order valence-corrected chi connectivity index (χ3v) is 4.24. The Morgan fingerprint density at radius 3 is 2.85 bits per heavy atom. The van der Waals surface area contributed by atoms with E-state index in [1.807, 2.05) is 4.90 Å². The van der Waals surface area contributed by atoms with Gasteiger partial charge in [0.15, 0.2) is 0 Å². The Morgan fingerprint density at radius 2 is 2.20 bits per heavy atom. The molecule has 0 saturated carbocycles. The van der Waals surface area contributed by atoms with Gasteiger partial charge in [0, 0.05) is 11.4 Å². The molecule has 0 saturated heterocycles. The minimum absolute atomic E-state index is 0.216. The molecular formula is C14H19N3O2S. The highest BCUT2D eigenvalue weighted by Gasteiger charge is 2.17. The fourth-order valence-corrected chi connectivity index (χ4v) is 3.00. The molecule has 0 radical (unpaired) electrons. The maximum Gasteiger partial charge on any atom is 0.325 e. The number of rotatable bonds is 6. The summed E-state index contributed by atoms with van der Waals surface area (Å²) in [6.45, 7) is 5.18. The molecular weight excluding hydrogens is 274 g/mol. The first-order valence-corrected chi connectivity index (χ1v) is 7.56. The normalized spacial score (nSPS) is 10.8. The van der Waals surface area contributed by atoms with Crippen LogP contribution in [-0.2, 0) is 16.0 Å². The van der Waals surface area contributed by atoms with Gasteiger partial charge in [0.1, 0.15) is 23.5 Å². The Morgan fingerprint density at radius 1 is 1.40 bits per heavy atom. The van der Waals surface area contributed by atoms with Crippen LogP contribution in [0.2, 0.25) is 0 Å². The van der Waals surface area contributed by atoms with E-state index in [2.05, 4.69) is 29.9 Å². The molecule has 2 heterocycles. The minimum atomic E-state index is -0.254. The Hall–Kier alpha value is -1.69. The first-order valence-electron chi connectivity index (χ1n) is 6.74. The fraction of sp³-hybridized carbons (Fsp3) is 0.500. The van der Waals surface area contributed by atoms with Crippen molar-refractivity contribution >= 4 is 33.3 Å². The van der Waals surface area contributed by atoms with Crippen molar-refractivity contribution in [3.05, 3.63) is 17.3 Å². The predicted molar refractivity (Wildman–Crippen MR) is 81.3 cm³/mol. The molecule has 108 valence electrons. The van der Waals surface area contributed by atoms with Crippen molar-refractivity contribution in [3.63, 3.8) is 0 Å². The largest absolute Gasteiger partial charge is 0.468 e. The summed E-state index contributed by atoms with van der Waals surface area (Å²) in [5.74, 6) is 0.564. The maximum absolute atomic E-state index is 11.6. The first-order chi connectivity index (χ1) is 9.69. The van der Waals surface area contributed by atoms with Gasteiger partial charge in [0.2, 0.25) is 0 Å². The molecule has 0 aromatic carbocycles. The van der Waals surface area contributed by atoms with Crippen LogP contribution in [0.15, 0.2) is 12.4 Å². The summed E-state index contributed by atoms with van der Waals surface area (Å²) in [5, 5.41) is 1.02. The monoisotopic (exact) mass is 293 g/mol. The van der Waals surface area contributed by atoms with E-state index in [9.17, 15) is 4.79 Å². The molecule has 5 nitrogen and oxygen atoms in total. The van der Waals surface area contributed by atoms with Gasteiger partial charge in [-0.25, -0.2) is 9.97 Å². The summed E-state index contributed by atoms with van der Waals surface area (Å²) >= 11 is 1.68. The van der Waals surface area contributed by atoms with Crippen LogP contribution in [0.1, 0.15) is 25.1 Å². The molecule has 0 N–H and O–H groups in total. The van der Waals surface area contributed by atoms with Gasteiger partial charge in [-0.15, -0.1) is 11.3 Å². The van der Waals surface area contributed by atoms with E-state index in [1.165, 1.54) is 12.0 Å². The maximum atomic E-state index is 11.6. The van der Waals surface area contributed by atoms with Crippen LogP contribution in [0.4, 0.5) is 5.82 Å².